The molecule has 0 aliphatic carbocycles. The summed E-state index contributed by atoms with van der Waals surface area (Å²) < 4.78 is 23.1. The van der Waals surface area contributed by atoms with Gasteiger partial charge in [0, 0.05) is 22.8 Å². The zero-order valence-electron chi connectivity index (χ0n) is 14.0. The van der Waals surface area contributed by atoms with Crippen LogP contribution in [0.15, 0.2) is 52.7 Å². The Bertz CT molecular complexity index is 1090. The quantitative estimate of drug-likeness (QED) is 0.695. The molecule has 0 bridgehead atoms. The number of halogens is 1. The molecule has 0 spiro atoms. The van der Waals surface area contributed by atoms with Gasteiger partial charge in [0.2, 0.25) is 0 Å². The van der Waals surface area contributed by atoms with E-state index in [0.717, 1.165) is 22.5 Å². The molecule has 5 nitrogen and oxygen atoms in total. The lowest BCUT2D eigenvalue weighted by Gasteiger charge is -2.09. The number of nitrogens with one attached hydrogen (secondary N) is 1. The Kier molecular flexibility index (Phi) is 5.13. The van der Waals surface area contributed by atoms with E-state index in [1.807, 2.05) is 18.4 Å². The SMILES string of the molecule is Cc1nc(-c2cccc(C(=O)Nc3ccc(S(C)(=O)=O)cc3Cl)c2)cs1. The highest BCUT2D eigenvalue weighted by atomic mass is 35.5. The van der Waals surface area contributed by atoms with Gasteiger partial charge in [-0.05, 0) is 37.3 Å². The molecule has 0 atom stereocenters. The Labute approximate surface area is 160 Å². The minimum atomic E-state index is -3.36. The molecule has 3 aromatic rings. The molecule has 1 heterocycles. The summed E-state index contributed by atoms with van der Waals surface area (Å²) in [6.45, 7) is 1.92. The first-order valence-corrected chi connectivity index (χ1v) is 10.7. The van der Waals surface area contributed by atoms with E-state index in [9.17, 15) is 13.2 Å². The van der Waals surface area contributed by atoms with Crippen molar-refractivity contribution in [1.29, 1.82) is 0 Å². The standard InChI is InChI=1S/C18H15ClN2O3S2/c1-11-20-17(10-25-11)12-4-3-5-13(8-12)18(22)21-16-7-6-14(9-15(16)19)26(2,23)24/h3-10H,1-2H3,(H,21,22). The van der Waals surface area contributed by atoms with Gasteiger partial charge in [-0.1, -0.05) is 23.7 Å². The second-order valence-corrected chi connectivity index (χ2v) is 9.19. The summed E-state index contributed by atoms with van der Waals surface area (Å²) in [6, 6.07) is 11.3. The molecule has 1 aromatic heterocycles. The van der Waals surface area contributed by atoms with Crippen LogP contribution in [0.2, 0.25) is 5.02 Å². The number of thiazole rings is 1. The molecule has 1 N–H and O–H groups in total. The number of hydrogen-bond acceptors (Lipinski definition) is 5. The van der Waals surface area contributed by atoms with Gasteiger partial charge in [-0.3, -0.25) is 4.79 Å². The average Bonchev–Trinajstić information content (AvgIpc) is 3.02. The second kappa shape index (κ2) is 7.19. The molecule has 1 amide bonds. The number of carbonyl (C=O) groups is 1. The Hall–Kier alpha value is -2.22. The zero-order chi connectivity index (χ0) is 18.9. The summed E-state index contributed by atoms with van der Waals surface area (Å²) >= 11 is 7.65. The predicted octanol–water partition coefficient (Wildman–Crippen LogP) is 4.43. The van der Waals surface area contributed by atoms with Gasteiger partial charge in [0.15, 0.2) is 9.84 Å². The number of anilines is 1. The average molecular weight is 407 g/mol. The van der Waals surface area contributed by atoms with Gasteiger partial charge in [0.25, 0.3) is 5.91 Å². The molecule has 3 rings (SSSR count). The van der Waals surface area contributed by atoms with Crippen LogP contribution in [0.5, 0.6) is 0 Å². The van der Waals surface area contributed by atoms with Crippen molar-refractivity contribution >= 4 is 44.4 Å². The van der Waals surface area contributed by atoms with E-state index in [4.69, 9.17) is 11.6 Å². The molecule has 0 aliphatic rings. The van der Waals surface area contributed by atoms with Crippen LogP contribution < -0.4 is 5.32 Å². The number of rotatable bonds is 4. The van der Waals surface area contributed by atoms with E-state index in [0.29, 0.717) is 11.3 Å². The van der Waals surface area contributed by atoms with Crippen molar-refractivity contribution in [3.8, 4) is 11.3 Å². The Morgan fingerprint density at radius 2 is 1.96 bits per heavy atom. The molecule has 26 heavy (non-hydrogen) atoms. The van der Waals surface area contributed by atoms with Crippen molar-refractivity contribution in [1.82, 2.24) is 4.98 Å². The number of benzene rings is 2. The van der Waals surface area contributed by atoms with Crippen molar-refractivity contribution in [3.05, 3.63) is 63.4 Å². The van der Waals surface area contributed by atoms with Gasteiger partial charge < -0.3 is 5.32 Å². The molecule has 2 aromatic carbocycles. The summed E-state index contributed by atoms with van der Waals surface area (Å²) in [5, 5.41) is 5.75. The van der Waals surface area contributed by atoms with Crippen molar-refractivity contribution in [3.63, 3.8) is 0 Å². The third kappa shape index (κ3) is 4.12. The third-order valence-corrected chi connectivity index (χ3v) is 5.85. The summed E-state index contributed by atoms with van der Waals surface area (Å²) in [5.41, 5.74) is 2.47. The van der Waals surface area contributed by atoms with Crippen LogP contribution in [0.3, 0.4) is 0 Å². The number of aryl methyl sites for hydroxylation is 1. The zero-order valence-corrected chi connectivity index (χ0v) is 16.4. The van der Waals surface area contributed by atoms with Crippen LogP contribution in [-0.2, 0) is 9.84 Å². The number of amides is 1. The van der Waals surface area contributed by atoms with Crippen LogP contribution in [0.25, 0.3) is 11.3 Å². The molecule has 0 saturated heterocycles. The van der Waals surface area contributed by atoms with Crippen molar-refractivity contribution in [2.24, 2.45) is 0 Å². The fourth-order valence-electron chi connectivity index (χ4n) is 2.34. The van der Waals surface area contributed by atoms with Crippen LogP contribution in [0.4, 0.5) is 5.69 Å². The number of nitrogens with zero attached hydrogens (tertiary/aromatic N) is 1. The van der Waals surface area contributed by atoms with E-state index < -0.39 is 9.84 Å². The number of hydrogen-bond donors (Lipinski definition) is 1. The van der Waals surface area contributed by atoms with Crippen LogP contribution in [-0.4, -0.2) is 25.6 Å². The second-order valence-electron chi connectivity index (χ2n) is 5.70. The maximum atomic E-state index is 12.5. The van der Waals surface area contributed by atoms with Crippen LogP contribution >= 0.6 is 22.9 Å². The fraction of sp³-hybridized carbons (Fsp3) is 0.111. The summed E-state index contributed by atoms with van der Waals surface area (Å²) in [5.74, 6) is -0.340. The first-order chi connectivity index (χ1) is 12.2. The number of sulfone groups is 1. The smallest absolute Gasteiger partial charge is 0.255 e. The molecule has 0 aliphatic heterocycles. The number of aromatic nitrogens is 1. The van der Waals surface area contributed by atoms with Crippen molar-refractivity contribution in [2.45, 2.75) is 11.8 Å². The van der Waals surface area contributed by atoms with Gasteiger partial charge in [-0.25, -0.2) is 13.4 Å². The normalized spacial score (nSPS) is 11.3. The first kappa shape index (κ1) is 18.6. The van der Waals surface area contributed by atoms with Gasteiger partial charge in [-0.2, -0.15) is 0 Å². The van der Waals surface area contributed by atoms with Gasteiger partial charge in [0.05, 0.1) is 26.3 Å². The molecule has 0 radical (unpaired) electrons. The first-order valence-electron chi connectivity index (χ1n) is 7.57. The van der Waals surface area contributed by atoms with E-state index in [1.165, 1.54) is 18.2 Å². The van der Waals surface area contributed by atoms with E-state index in [1.54, 1.807) is 29.5 Å². The molecular weight excluding hydrogens is 392 g/mol. The lowest BCUT2D eigenvalue weighted by atomic mass is 10.1. The maximum Gasteiger partial charge on any atom is 0.255 e. The highest BCUT2D eigenvalue weighted by Gasteiger charge is 2.13. The predicted molar refractivity (Wildman–Crippen MR) is 105 cm³/mol. The maximum absolute atomic E-state index is 12.5. The van der Waals surface area contributed by atoms with Crippen molar-refractivity contribution < 1.29 is 13.2 Å². The lowest BCUT2D eigenvalue weighted by Crippen LogP contribution is -2.12. The lowest BCUT2D eigenvalue weighted by molar-refractivity contribution is 0.102. The monoisotopic (exact) mass is 406 g/mol. The molecule has 8 heteroatoms. The minimum absolute atomic E-state index is 0.0985. The molecule has 134 valence electrons. The largest absolute Gasteiger partial charge is 0.321 e. The highest BCUT2D eigenvalue weighted by molar-refractivity contribution is 7.90. The summed E-state index contributed by atoms with van der Waals surface area (Å²) in [4.78, 5) is 17.1. The van der Waals surface area contributed by atoms with Crippen LogP contribution in [0.1, 0.15) is 15.4 Å². The van der Waals surface area contributed by atoms with Crippen molar-refractivity contribution in [2.75, 3.05) is 11.6 Å². The molecule has 0 unspecified atom stereocenters. The summed E-state index contributed by atoms with van der Waals surface area (Å²) in [6.07, 6.45) is 1.10. The Morgan fingerprint density at radius 3 is 2.58 bits per heavy atom. The fourth-order valence-corrected chi connectivity index (χ4v) is 3.90. The van der Waals surface area contributed by atoms with E-state index >= 15 is 0 Å². The summed E-state index contributed by atoms with van der Waals surface area (Å²) in [7, 11) is -3.36. The van der Waals surface area contributed by atoms with E-state index in [2.05, 4.69) is 10.3 Å². The minimum Gasteiger partial charge on any atom is -0.321 e. The molecular formula is C18H15ClN2O3S2. The Morgan fingerprint density at radius 1 is 1.19 bits per heavy atom. The van der Waals surface area contributed by atoms with Gasteiger partial charge in [0.1, 0.15) is 0 Å². The molecule has 0 saturated carbocycles. The third-order valence-electron chi connectivity index (χ3n) is 3.66. The molecule has 0 fully saturated rings. The Balaban J connectivity index is 1.85. The highest BCUT2D eigenvalue weighted by Crippen LogP contribution is 2.27. The van der Waals surface area contributed by atoms with E-state index in [-0.39, 0.29) is 15.8 Å². The van der Waals surface area contributed by atoms with Gasteiger partial charge >= 0.3 is 0 Å². The van der Waals surface area contributed by atoms with Gasteiger partial charge in [-0.15, -0.1) is 11.3 Å². The number of carbonyl (C=O) groups excluding carboxylic acids is 1. The van der Waals surface area contributed by atoms with Crippen LogP contribution in [0, 0.1) is 6.92 Å². The topological polar surface area (TPSA) is 76.1 Å².